The number of aromatic nitrogens is 2. The lowest BCUT2D eigenvalue weighted by Crippen LogP contribution is -2.34. The van der Waals surface area contributed by atoms with E-state index in [-0.39, 0.29) is 30.9 Å². The fourth-order valence-corrected chi connectivity index (χ4v) is 2.96. The number of aryl methyl sites for hydroxylation is 1. The van der Waals surface area contributed by atoms with Gasteiger partial charge in [-0.2, -0.15) is 0 Å². The van der Waals surface area contributed by atoms with Crippen molar-refractivity contribution in [1.29, 1.82) is 0 Å². The number of rotatable bonds is 8. The Hall–Kier alpha value is -3.48. The van der Waals surface area contributed by atoms with E-state index in [0.717, 1.165) is 5.56 Å². The van der Waals surface area contributed by atoms with Crippen LogP contribution in [0.5, 0.6) is 0 Å². The number of fused-ring (bicyclic) bond motifs is 1. The van der Waals surface area contributed by atoms with Gasteiger partial charge in [-0.3, -0.25) is 14.4 Å². The van der Waals surface area contributed by atoms with E-state index in [4.69, 9.17) is 4.74 Å². The molecule has 3 rings (SSSR count). The summed E-state index contributed by atoms with van der Waals surface area (Å²) < 4.78 is 5.11. The molecule has 0 saturated heterocycles. The van der Waals surface area contributed by atoms with Crippen molar-refractivity contribution < 1.29 is 14.3 Å². The zero-order chi connectivity index (χ0) is 20.6. The highest BCUT2D eigenvalue weighted by Crippen LogP contribution is 2.08. The predicted molar refractivity (Wildman–Crippen MR) is 109 cm³/mol. The Morgan fingerprint density at radius 3 is 2.55 bits per heavy atom. The number of hydrogen-bond acceptors (Lipinski definition) is 5. The maximum absolute atomic E-state index is 12.3. The van der Waals surface area contributed by atoms with Gasteiger partial charge in [-0.05, 0) is 24.6 Å². The predicted octanol–water partition coefficient (Wildman–Crippen LogP) is 2.45. The van der Waals surface area contributed by atoms with Crippen molar-refractivity contribution in [1.82, 2.24) is 14.9 Å². The number of likely N-dealkylation sites (N-methyl/N-ethyl adjacent to an activating group) is 1. The fourth-order valence-electron chi connectivity index (χ4n) is 2.96. The molecule has 0 spiro atoms. The van der Waals surface area contributed by atoms with Crippen LogP contribution in [0.25, 0.3) is 10.9 Å². The van der Waals surface area contributed by atoms with Crippen molar-refractivity contribution in [2.24, 2.45) is 0 Å². The van der Waals surface area contributed by atoms with E-state index in [1.807, 2.05) is 37.3 Å². The average molecular weight is 393 g/mol. The Kier molecular flexibility index (Phi) is 6.73. The third kappa shape index (κ3) is 5.51. The number of para-hydroxylation sites is 1. The van der Waals surface area contributed by atoms with Gasteiger partial charge in [0, 0.05) is 19.5 Å². The summed E-state index contributed by atoms with van der Waals surface area (Å²) in [5, 5.41) is 0.502. The SMILES string of the molecule is CCN(Cc1ccccc1)C(=O)COC(=O)CCc1nc2ccccc2c(=O)[nH]1. The van der Waals surface area contributed by atoms with Crippen LogP contribution in [0.15, 0.2) is 59.4 Å². The molecule has 0 unspecified atom stereocenters. The fraction of sp³-hybridized carbons (Fsp3) is 0.273. The minimum absolute atomic E-state index is 0.0272. The summed E-state index contributed by atoms with van der Waals surface area (Å²) in [6, 6.07) is 16.6. The van der Waals surface area contributed by atoms with Crippen LogP contribution in [0.3, 0.4) is 0 Å². The Balaban J connectivity index is 1.50. The number of H-pyrrole nitrogens is 1. The molecule has 0 aliphatic carbocycles. The van der Waals surface area contributed by atoms with Crippen LogP contribution in [0, 0.1) is 0 Å². The van der Waals surface area contributed by atoms with Crippen LogP contribution in [-0.2, 0) is 27.3 Å². The largest absolute Gasteiger partial charge is 0.456 e. The van der Waals surface area contributed by atoms with Crippen molar-refractivity contribution in [2.75, 3.05) is 13.2 Å². The number of amides is 1. The molecule has 1 N–H and O–H groups in total. The molecule has 1 heterocycles. The highest BCUT2D eigenvalue weighted by Gasteiger charge is 2.15. The molecule has 7 nitrogen and oxygen atoms in total. The molecule has 1 amide bonds. The molecule has 1 aromatic heterocycles. The van der Waals surface area contributed by atoms with Crippen molar-refractivity contribution in [2.45, 2.75) is 26.3 Å². The van der Waals surface area contributed by atoms with Gasteiger partial charge in [-0.1, -0.05) is 42.5 Å². The Morgan fingerprint density at radius 2 is 1.79 bits per heavy atom. The molecule has 0 atom stereocenters. The monoisotopic (exact) mass is 393 g/mol. The second-order valence-corrected chi connectivity index (χ2v) is 6.58. The van der Waals surface area contributed by atoms with Gasteiger partial charge in [0.05, 0.1) is 17.3 Å². The van der Waals surface area contributed by atoms with Gasteiger partial charge in [0.1, 0.15) is 5.82 Å². The second kappa shape index (κ2) is 9.64. The topological polar surface area (TPSA) is 92.4 Å². The lowest BCUT2D eigenvalue weighted by molar-refractivity contribution is -0.152. The summed E-state index contributed by atoms with van der Waals surface area (Å²) in [7, 11) is 0. The van der Waals surface area contributed by atoms with Gasteiger partial charge in [-0.25, -0.2) is 4.98 Å². The zero-order valence-corrected chi connectivity index (χ0v) is 16.3. The van der Waals surface area contributed by atoms with E-state index >= 15 is 0 Å². The number of nitrogens with zero attached hydrogens (tertiary/aromatic N) is 2. The summed E-state index contributed by atoms with van der Waals surface area (Å²) in [6.45, 7) is 2.56. The molecule has 29 heavy (non-hydrogen) atoms. The molecule has 0 fully saturated rings. The van der Waals surface area contributed by atoms with E-state index in [1.165, 1.54) is 0 Å². The molecule has 3 aromatic rings. The molecule has 0 radical (unpaired) electrons. The van der Waals surface area contributed by atoms with E-state index in [0.29, 0.717) is 29.8 Å². The Morgan fingerprint density at radius 1 is 1.07 bits per heavy atom. The maximum Gasteiger partial charge on any atom is 0.306 e. The molecule has 0 aliphatic rings. The molecule has 7 heteroatoms. The van der Waals surface area contributed by atoms with Crippen LogP contribution >= 0.6 is 0 Å². The number of esters is 1. The number of hydrogen-bond donors (Lipinski definition) is 1. The van der Waals surface area contributed by atoms with Crippen molar-refractivity contribution in [3.05, 3.63) is 76.3 Å². The first-order valence-electron chi connectivity index (χ1n) is 9.52. The third-order valence-electron chi connectivity index (χ3n) is 4.54. The van der Waals surface area contributed by atoms with Gasteiger partial charge in [0.15, 0.2) is 6.61 Å². The lowest BCUT2D eigenvalue weighted by atomic mass is 10.2. The number of aromatic amines is 1. The maximum atomic E-state index is 12.3. The minimum atomic E-state index is -0.509. The summed E-state index contributed by atoms with van der Waals surface area (Å²) in [4.78, 5) is 45.1. The first-order chi connectivity index (χ1) is 14.1. The normalized spacial score (nSPS) is 10.7. The zero-order valence-electron chi connectivity index (χ0n) is 16.3. The second-order valence-electron chi connectivity index (χ2n) is 6.58. The van der Waals surface area contributed by atoms with Crippen molar-refractivity contribution in [3.8, 4) is 0 Å². The number of carbonyl (C=O) groups excluding carboxylic acids is 2. The first-order valence-corrected chi connectivity index (χ1v) is 9.52. The summed E-state index contributed by atoms with van der Waals surface area (Å²) in [5.74, 6) is -0.344. The van der Waals surface area contributed by atoms with E-state index in [2.05, 4.69) is 9.97 Å². The Bertz CT molecular complexity index is 1050. The summed E-state index contributed by atoms with van der Waals surface area (Å²) in [5.41, 5.74) is 1.35. The number of nitrogens with one attached hydrogen (secondary N) is 1. The van der Waals surface area contributed by atoms with Gasteiger partial charge in [0.2, 0.25) is 0 Å². The average Bonchev–Trinajstić information content (AvgIpc) is 2.75. The van der Waals surface area contributed by atoms with Gasteiger partial charge < -0.3 is 14.6 Å². The van der Waals surface area contributed by atoms with E-state index in [1.54, 1.807) is 29.2 Å². The van der Waals surface area contributed by atoms with Gasteiger partial charge in [-0.15, -0.1) is 0 Å². The van der Waals surface area contributed by atoms with Crippen LogP contribution in [0.4, 0.5) is 0 Å². The smallest absolute Gasteiger partial charge is 0.306 e. The minimum Gasteiger partial charge on any atom is -0.456 e. The van der Waals surface area contributed by atoms with Crippen molar-refractivity contribution in [3.63, 3.8) is 0 Å². The van der Waals surface area contributed by atoms with Crippen LogP contribution < -0.4 is 5.56 Å². The highest BCUT2D eigenvalue weighted by atomic mass is 16.5. The van der Waals surface area contributed by atoms with Gasteiger partial charge >= 0.3 is 5.97 Å². The summed E-state index contributed by atoms with van der Waals surface area (Å²) in [6.07, 6.45) is 0.258. The number of ether oxygens (including phenoxy) is 1. The van der Waals surface area contributed by atoms with E-state index < -0.39 is 5.97 Å². The van der Waals surface area contributed by atoms with E-state index in [9.17, 15) is 14.4 Å². The molecule has 2 aromatic carbocycles. The highest BCUT2D eigenvalue weighted by molar-refractivity contribution is 5.81. The number of benzene rings is 2. The van der Waals surface area contributed by atoms with Crippen LogP contribution in [-0.4, -0.2) is 39.9 Å². The molecular formula is C22H23N3O4. The summed E-state index contributed by atoms with van der Waals surface area (Å²) >= 11 is 0. The molecule has 0 bridgehead atoms. The number of carbonyl (C=O) groups is 2. The van der Waals surface area contributed by atoms with Gasteiger partial charge in [0.25, 0.3) is 11.5 Å². The van der Waals surface area contributed by atoms with Crippen LogP contribution in [0.1, 0.15) is 24.7 Å². The lowest BCUT2D eigenvalue weighted by Gasteiger charge is -2.20. The molecule has 0 aliphatic heterocycles. The standard InChI is InChI=1S/C22H23N3O4/c1-2-25(14-16-8-4-3-5-9-16)20(26)15-29-21(27)13-12-19-23-18-11-7-6-10-17(18)22(28)24-19/h3-11H,2,12-15H2,1H3,(H,23,24,28). The quantitative estimate of drug-likeness (QED) is 0.594. The molecule has 0 saturated carbocycles. The molecule has 150 valence electrons. The first kappa shape index (κ1) is 20.3. The Labute approximate surface area is 168 Å². The molecular weight excluding hydrogens is 370 g/mol. The third-order valence-corrected chi connectivity index (χ3v) is 4.54. The van der Waals surface area contributed by atoms with Crippen LogP contribution in [0.2, 0.25) is 0 Å². The van der Waals surface area contributed by atoms with Crippen molar-refractivity contribution >= 4 is 22.8 Å².